The first-order chi connectivity index (χ1) is 16.9. The standard InChI is InChI=1S/C28H38N2O5/c1-5-26(28(32)29-22-9-7-6-8-10-22)30(18-21-13-11-20(2)12-14-21)27(31)19-35-25-16-23(33-3)15-24(17-25)34-4/h11-17,22,26H,5-10,18-19H2,1-4H3,(H,29,32)/t26-/m1/s1. The molecule has 2 aromatic carbocycles. The Morgan fingerprint density at radius 2 is 1.57 bits per heavy atom. The molecule has 7 heteroatoms. The van der Waals surface area contributed by atoms with Crippen LogP contribution in [0, 0.1) is 6.92 Å². The Morgan fingerprint density at radius 3 is 2.14 bits per heavy atom. The van der Waals surface area contributed by atoms with E-state index in [1.54, 1.807) is 37.3 Å². The van der Waals surface area contributed by atoms with E-state index in [4.69, 9.17) is 14.2 Å². The fourth-order valence-corrected chi connectivity index (χ4v) is 4.45. The summed E-state index contributed by atoms with van der Waals surface area (Å²) in [7, 11) is 3.12. The number of ether oxygens (including phenoxy) is 3. The minimum absolute atomic E-state index is 0.0945. The molecule has 1 fully saturated rings. The lowest BCUT2D eigenvalue weighted by atomic mass is 9.95. The van der Waals surface area contributed by atoms with Crippen molar-refractivity contribution >= 4 is 11.8 Å². The maximum Gasteiger partial charge on any atom is 0.261 e. The van der Waals surface area contributed by atoms with Gasteiger partial charge in [-0.05, 0) is 31.7 Å². The Balaban J connectivity index is 1.77. The van der Waals surface area contributed by atoms with Crippen molar-refractivity contribution in [1.29, 1.82) is 0 Å². The first-order valence-corrected chi connectivity index (χ1v) is 12.4. The molecule has 0 spiro atoms. The smallest absolute Gasteiger partial charge is 0.261 e. The monoisotopic (exact) mass is 482 g/mol. The van der Waals surface area contributed by atoms with Crippen LogP contribution >= 0.6 is 0 Å². The summed E-state index contributed by atoms with van der Waals surface area (Å²) in [5, 5.41) is 3.20. The lowest BCUT2D eigenvalue weighted by Gasteiger charge is -2.32. The van der Waals surface area contributed by atoms with E-state index in [1.165, 1.54) is 6.42 Å². The Bertz CT molecular complexity index is 948. The SMILES string of the molecule is CC[C@H](C(=O)NC1CCCCC1)N(Cc1ccc(C)cc1)C(=O)COc1cc(OC)cc(OC)c1. The number of amides is 2. The van der Waals surface area contributed by atoms with Crippen LogP contribution in [0.1, 0.15) is 56.6 Å². The van der Waals surface area contributed by atoms with Gasteiger partial charge in [-0.2, -0.15) is 0 Å². The van der Waals surface area contributed by atoms with Crippen LogP contribution in [-0.4, -0.2) is 49.6 Å². The summed E-state index contributed by atoms with van der Waals surface area (Å²) >= 11 is 0. The summed E-state index contributed by atoms with van der Waals surface area (Å²) in [6.07, 6.45) is 5.98. The van der Waals surface area contributed by atoms with Gasteiger partial charge in [-0.1, -0.05) is 56.0 Å². The number of carbonyl (C=O) groups excluding carboxylic acids is 2. The van der Waals surface area contributed by atoms with Crippen LogP contribution in [0.2, 0.25) is 0 Å². The van der Waals surface area contributed by atoms with Crippen LogP contribution in [0.5, 0.6) is 17.2 Å². The van der Waals surface area contributed by atoms with Crippen molar-refractivity contribution in [3.8, 4) is 17.2 Å². The van der Waals surface area contributed by atoms with E-state index in [2.05, 4.69) is 5.32 Å². The Kier molecular flexibility index (Phi) is 9.82. The number of nitrogens with zero attached hydrogens (tertiary/aromatic N) is 1. The fourth-order valence-electron chi connectivity index (χ4n) is 4.45. The average Bonchev–Trinajstić information content (AvgIpc) is 2.88. The van der Waals surface area contributed by atoms with Crippen LogP contribution in [0.15, 0.2) is 42.5 Å². The van der Waals surface area contributed by atoms with Gasteiger partial charge in [0.15, 0.2) is 6.61 Å². The van der Waals surface area contributed by atoms with Crippen molar-refractivity contribution in [1.82, 2.24) is 10.2 Å². The van der Waals surface area contributed by atoms with Gasteiger partial charge in [-0.25, -0.2) is 0 Å². The van der Waals surface area contributed by atoms with E-state index in [0.29, 0.717) is 30.2 Å². The molecule has 3 rings (SSSR count). The molecule has 1 aliphatic carbocycles. The second-order valence-corrected chi connectivity index (χ2v) is 9.11. The normalized spacial score (nSPS) is 14.6. The molecule has 2 aromatic rings. The third-order valence-electron chi connectivity index (χ3n) is 6.50. The molecule has 0 unspecified atom stereocenters. The van der Waals surface area contributed by atoms with Gasteiger partial charge < -0.3 is 24.4 Å². The number of hydrogen-bond donors (Lipinski definition) is 1. The molecule has 0 aromatic heterocycles. The summed E-state index contributed by atoms with van der Waals surface area (Å²) in [5.41, 5.74) is 2.11. The number of rotatable bonds is 11. The zero-order valence-corrected chi connectivity index (χ0v) is 21.3. The Morgan fingerprint density at radius 1 is 0.971 bits per heavy atom. The molecular weight excluding hydrogens is 444 g/mol. The third kappa shape index (κ3) is 7.64. The van der Waals surface area contributed by atoms with Crippen LogP contribution in [-0.2, 0) is 16.1 Å². The highest BCUT2D eigenvalue weighted by atomic mass is 16.5. The first-order valence-electron chi connectivity index (χ1n) is 12.4. The first kappa shape index (κ1) is 26.4. The van der Waals surface area contributed by atoms with Crippen molar-refractivity contribution in [2.45, 2.75) is 71.0 Å². The van der Waals surface area contributed by atoms with E-state index in [0.717, 1.165) is 36.8 Å². The van der Waals surface area contributed by atoms with Crippen molar-refractivity contribution in [2.75, 3.05) is 20.8 Å². The van der Waals surface area contributed by atoms with Crippen LogP contribution < -0.4 is 19.5 Å². The van der Waals surface area contributed by atoms with Crippen LogP contribution in [0.25, 0.3) is 0 Å². The molecule has 1 aliphatic rings. The molecule has 0 aliphatic heterocycles. The lowest BCUT2D eigenvalue weighted by Crippen LogP contribution is -2.52. The van der Waals surface area contributed by atoms with Crippen LogP contribution in [0.4, 0.5) is 0 Å². The number of carbonyl (C=O) groups is 2. The molecule has 2 amide bonds. The van der Waals surface area contributed by atoms with E-state index < -0.39 is 6.04 Å². The van der Waals surface area contributed by atoms with E-state index in [-0.39, 0.29) is 24.5 Å². The van der Waals surface area contributed by atoms with Gasteiger partial charge in [0.05, 0.1) is 14.2 Å². The lowest BCUT2D eigenvalue weighted by molar-refractivity contribution is -0.143. The van der Waals surface area contributed by atoms with E-state index in [9.17, 15) is 9.59 Å². The highest BCUT2D eigenvalue weighted by molar-refractivity contribution is 5.88. The molecule has 1 atom stereocenters. The van der Waals surface area contributed by atoms with Crippen molar-refractivity contribution < 1.29 is 23.8 Å². The molecule has 190 valence electrons. The average molecular weight is 483 g/mol. The van der Waals surface area contributed by atoms with Crippen LogP contribution in [0.3, 0.4) is 0 Å². The van der Waals surface area contributed by atoms with Crippen molar-refractivity contribution in [3.63, 3.8) is 0 Å². The number of aryl methyl sites for hydroxylation is 1. The van der Waals surface area contributed by atoms with Gasteiger partial charge in [-0.15, -0.1) is 0 Å². The molecule has 0 saturated heterocycles. The molecule has 1 saturated carbocycles. The zero-order chi connectivity index (χ0) is 25.2. The topological polar surface area (TPSA) is 77.1 Å². The Hall–Kier alpha value is -3.22. The number of benzene rings is 2. The van der Waals surface area contributed by atoms with Gasteiger partial charge in [0.2, 0.25) is 5.91 Å². The summed E-state index contributed by atoms with van der Waals surface area (Å²) in [6, 6.07) is 12.8. The quantitative estimate of drug-likeness (QED) is 0.505. The number of methoxy groups -OCH3 is 2. The zero-order valence-electron chi connectivity index (χ0n) is 21.3. The maximum atomic E-state index is 13.5. The maximum absolute atomic E-state index is 13.5. The molecule has 0 radical (unpaired) electrons. The summed E-state index contributed by atoms with van der Waals surface area (Å²) < 4.78 is 16.4. The predicted octanol–water partition coefficient (Wildman–Crippen LogP) is 4.65. The van der Waals surface area contributed by atoms with Gasteiger partial charge in [-0.3, -0.25) is 9.59 Å². The van der Waals surface area contributed by atoms with Gasteiger partial charge in [0, 0.05) is 30.8 Å². The van der Waals surface area contributed by atoms with E-state index in [1.807, 2.05) is 38.1 Å². The number of hydrogen-bond acceptors (Lipinski definition) is 5. The molecule has 0 bridgehead atoms. The second kappa shape index (κ2) is 13.0. The molecular formula is C28H38N2O5. The molecule has 1 N–H and O–H groups in total. The Labute approximate surface area is 208 Å². The number of nitrogens with one attached hydrogen (secondary N) is 1. The van der Waals surface area contributed by atoms with E-state index >= 15 is 0 Å². The minimum atomic E-state index is -0.575. The molecule has 0 heterocycles. The van der Waals surface area contributed by atoms with Crippen molar-refractivity contribution in [3.05, 3.63) is 53.6 Å². The second-order valence-electron chi connectivity index (χ2n) is 9.11. The largest absolute Gasteiger partial charge is 0.496 e. The fraction of sp³-hybridized carbons (Fsp3) is 0.500. The van der Waals surface area contributed by atoms with Crippen molar-refractivity contribution in [2.24, 2.45) is 0 Å². The minimum Gasteiger partial charge on any atom is -0.496 e. The van der Waals surface area contributed by atoms with Gasteiger partial charge in [0.25, 0.3) is 5.91 Å². The summed E-state index contributed by atoms with van der Waals surface area (Å²) in [4.78, 5) is 28.4. The third-order valence-corrected chi connectivity index (χ3v) is 6.50. The van der Waals surface area contributed by atoms with Gasteiger partial charge >= 0.3 is 0 Å². The molecule has 35 heavy (non-hydrogen) atoms. The highest BCUT2D eigenvalue weighted by Gasteiger charge is 2.30. The highest BCUT2D eigenvalue weighted by Crippen LogP contribution is 2.27. The summed E-state index contributed by atoms with van der Waals surface area (Å²) in [6.45, 7) is 4.10. The predicted molar refractivity (Wildman–Crippen MR) is 136 cm³/mol. The van der Waals surface area contributed by atoms with Gasteiger partial charge in [0.1, 0.15) is 23.3 Å². The summed E-state index contributed by atoms with van der Waals surface area (Å²) in [5.74, 6) is 1.26. The molecule has 7 nitrogen and oxygen atoms in total.